The van der Waals surface area contributed by atoms with Crippen LogP contribution in [0.3, 0.4) is 0 Å². The van der Waals surface area contributed by atoms with Crippen molar-refractivity contribution in [2.75, 3.05) is 13.1 Å². The van der Waals surface area contributed by atoms with Crippen molar-refractivity contribution in [3.63, 3.8) is 0 Å². The molecule has 36 heavy (non-hydrogen) atoms. The first-order chi connectivity index (χ1) is 17.1. The van der Waals surface area contributed by atoms with Crippen LogP contribution in [0.5, 0.6) is 0 Å². The first-order valence-electron chi connectivity index (χ1n) is 12.4. The number of ether oxygens (including phenoxy) is 1. The molecule has 1 radical (unpaired) electrons. The Balaban J connectivity index is 1.45. The number of aliphatic hydroxyl groups is 1. The Hall–Kier alpha value is -2.28. The second-order valence-corrected chi connectivity index (χ2v) is 14.6. The quantitative estimate of drug-likeness (QED) is 0.450. The molecular formula is C27H32AsN4O3S. The van der Waals surface area contributed by atoms with Gasteiger partial charge in [-0.05, 0) is 20.8 Å². The number of aryl methyl sites for hydroxylation is 1. The molecule has 7 nitrogen and oxygen atoms in total. The summed E-state index contributed by atoms with van der Waals surface area (Å²) in [6.45, 7) is 8.49. The molecule has 5 rings (SSSR count). The second kappa shape index (κ2) is 9.88. The Bertz CT molecular complexity index is 1260. The fraction of sp³-hybridized carbons (Fsp3) is 0.481. The van der Waals surface area contributed by atoms with Crippen LogP contribution >= 0.6 is 11.3 Å². The van der Waals surface area contributed by atoms with E-state index in [-0.39, 0.29) is 21.8 Å². The number of rotatable bonds is 5. The van der Waals surface area contributed by atoms with Crippen molar-refractivity contribution in [1.29, 1.82) is 0 Å². The molecule has 1 aliphatic heterocycles. The molecule has 189 valence electrons. The van der Waals surface area contributed by atoms with Gasteiger partial charge in [0.1, 0.15) is 5.60 Å². The molecule has 9 heteroatoms. The number of aromatic nitrogens is 3. The van der Waals surface area contributed by atoms with Gasteiger partial charge in [-0.25, -0.2) is 0 Å². The molecule has 1 aliphatic carbocycles. The number of nitrogens with zero attached hydrogens (tertiary/aromatic N) is 4. The van der Waals surface area contributed by atoms with Crippen LogP contribution in [0, 0.1) is 6.92 Å². The predicted molar refractivity (Wildman–Crippen MR) is 143 cm³/mol. The van der Waals surface area contributed by atoms with Gasteiger partial charge in [-0.3, -0.25) is 0 Å². The van der Waals surface area contributed by atoms with Gasteiger partial charge in [0.05, 0.1) is 0 Å². The van der Waals surface area contributed by atoms with Crippen LogP contribution < -0.4 is 4.61 Å². The molecule has 0 unspecified atom stereocenters. The standard InChI is InChI=1S/C27H32AsN4O3S/c1-17-6-5-7-18(16-17)21-22(20-10-13-29-24(30-20)28-19-8-9-19)36-23(31-21)27(34)11-14-32(15-12-27)25(33)35-26(2,3)4/h5-7,10,13,16,19,34H,8-9,11-12,14-15H2,1-4H3. The van der Waals surface area contributed by atoms with Crippen LogP contribution in [0.25, 0.3) is 21.8 Å². The third-order valence-electron chi connectivity index (χ3n) is 6.28. The first kappa shape index (κ1) is 25.4. The number of carbonyl (C=O) groups excluding carboxylic acids is 1. The molecule has 2 aliphatic rings. The molecule has 1 amide bonds. The van der Waals surface area contributed by atoms with Crippen LogP contribution in [0.15, 0.2) is 36.5 Å². The van der Waals surface area contributed by atoms with Crippen molar-refractivity contribution in [3.8, 4) is 21.8 Å². The van der Waals surface area contributed by atoms with Crippen LogP contribution in [0.4, 0.5) is 4.79 Å². The summed E-state index contributed by atoms with van der Waals surface area (Å²) in [4.78, 5) is 29.6. The van der Waals surface area contributed by atoms with E-state index in [1.807, 2.05) is 39.1 Å². The summed E-state index contributed by atoms with van der Waals surface area (Å²) in [5.74, 6) is 0. The molecule has 0 bridgehead atoms. The van der Waals surface area contributed by atoms with E-state index in [0.717, 1.165) is 36.7 Å². The molecular weight excluding hydrogens is 535 g/mol. The monoisotopic (exact) mass is 567 g/mol. The van der Waals surface area contributed by atoms with Crippen molar-refractivity contribution >= 4 is 37.8 Å². The van der Waals surface area contributed by atoms with Gasteiger partial charge >= 0.3 is 197 Å². The minimum absolute atomic E-state index is 0.0161. The third-order valence-corrected chi connectivity index (χ3v) is 10.3. The zero-order valence-corrected chi connectivity index (χ0v) is 23.9. The Labute approximate surface area is 223 Å². The van der Waals surface area contributed by atoms with Gasteiger partial charge in [0.2, 0.25) is 0 Å². The van der Waals surface area contributed by atoms with E-state index in [4.69, 9.17) is 14.7 Å². The van der Waals surface area contributed by atoms with E-state index in [2.05, 4.69) is 30.1 Å². The van der Waals surface area contributed by atoms with Crippen molar-refractivity contribution in [3.05, 3.63) is 47.1 Å². The number of carbonyl (C=O) groups is 1. The number of amides is 1. The molecule has 3 aromatic rings. The zero-order valence-electron chi connectivity index (χ0n) is 21.2. The Morgan fingerprint density at radius 2 is 1.94 bits per heavy atom. The molecule has 0 spiro atoms. The number of benzene rings is 1. The Morgan fingerprint density at radius 3 is 2.61 bits per heavy atom. The second-order valence-electron chi connectivity index (χ2n) is 10.7. The summed E-state index contributed by atoms with van der Waals surface area (Å²) >= 11 is 1.49. The van der Waals surface area contributed by atoms with Gasteiger partial charge in [0, 0.05) is 0 Å². The van der Waals surface area contributed by atoms with Crippen LogP contribution in [-0.2, 0) is 10.3 Å². The van der Waals surface area contributed by atoms with E-state index in [1.165, 1.54) is 24.2 Å². The topological polar surface area (TPSA) is 88.4 Å². The van der Waals surface area contributed by atoms with Crippen molar-refractivity contribution in [2.45, 2.75) is 69.3 Å². The number of thiazole rings is 1. The number of hydrogen-bond donors (Lipinski definition) is 1. The molecule has 1 N–H and O–H groups in total. The average Bonchev–Trinajstić information content (AvgIpc) is 3.51. The summed E-state index contributed by atoms with van der Waals surface area (Å²) in [6, 6.07) is 10.2. The normalized spacial score (nSPS) is 18.1. The van der Waals surface area contributed by atoms with Crippen LogP contribution in [-0.4, -0.2) is 65.5 Å². The average molecular weight is 568 g/mol. The number of hydrogen-bond acceptors (Lipinski definition) is 7. The van der Waals surface area contributed by atoms with Crippen molar-refractivity contribution in [2.24, 2.45) is 0 Å². The maximum atomic E-state index is 12.5. The third kappa shape index (κ3) is 5.82. The molecule has 0 atom stereocenters. The minimum atomic E-state index is -1.10. The van der Waals surface area contributed by atoms with Gasteiger partial charge in [-0.2, -0.15) is 0 Å². The summed E-state index contributed by atoms with van der Waals surface area (Å²) in [7, 11) is 0. The van der Waals surface area contributed by atoms with Crippen LogP contribution in [0.1, 0.15) is 57.0 Å². The first-order valence-corrected chi connectivity index (χ1v) is 15.3. The fourth-order valence-electron chi connectivity index (χ4n) is 4.18. The molecule has 1 saturated carbocycles. The molecule has 2 aromatic heterocycles. The van der Waals surface area contributed by atoms with E-state index < -0.39 is 11.2 Å². The SMILES string of the molecule is Cc1cccc(-c2nc(C3(O)CCN(C(=O)OC(C)(C)C)CC3)sc2-c2ccnc([As]C3CC3)n2)c1. The van der Waals surface area contributed by atoms with E-state index in [0.29, 0.717) is 30.9 Å². The van der Waals surface area contributed by atoms with E-state index in [1.54, 1.807) is 4.90 Å². The van der Waals surface area contributed by atoms with Crippen molar-refractivity contribution in [1.82, 2.24) is 19.9 Å². The number of likely N-dealkylation sites (tertiary alicyclic amines) is 1. The van der Waals surface area contributed by atoms with Gasteiger partial charge < -0.3 is 0 Å². The van der Waals surface area contributed by atoms with Gasteiger partial charge in [-0.1, -0.05) is 0 Å². The molecule has 1 saturated heterocycles. The number of piperidine rings is 1. The summed E-state index contributed by atoms with van der Waals surface area (Å²) in [5.41, 5.74) is 2.23. The fourth-order valence-corrected chi connectivity index (χ4v) is 7.55. The van der Waals surface area contributed by atoms with E-state index in [9.17, 15) is 9.90 Å². The molecule has 3 heterocycles. The summed E-state index contributed by atoms with van der Waals surface area (Å²) in [6.07, 6.45) is 4.92. The Kier molecular flexibility index (Phi) is 6.96. The molecule has 1 aromatic carbocycles. The molecule has 2 fully saturated rings. The van der Waals surface area contributed by atoms with Gasteiger partial charge in [0.15, 0.2) is 0 Å². The van der Waals surface area contributed by atoms with Crippen LogP contribution in [0.2, 0.25) is 4.71 Å². The van der Waals surface area contributed by atoms with Crippen molar-refractivity contribution < 1.29 is 14.6 Å². The Morgan fingerprint density at radius 1 is 1.19 bits per heavy atom. The van der Waals surface area contributed by atoms with Gasteiger partial charge in [-0.15, -0.1) is 0 Å². The van der Waals surface area contributed by atoms with Gasteiger partial charge in [0.25, 0.3) is 0 Å². The maximum absolute atomic E-state index is 12.5. The zero-order chi connectivity index (χ0) is 25.5. The summed E-state index contributed by atoms with van der Waals surface area (Å²) < 4.78 is 7.28. The van der Waals surface area contributed by atoms with E-state index >= 15 is 0 Å². The summed E-state index contributed by atoms with van der Waals surface area (Å²) in [5, 5.41) is 12.4. The predicted octanol–water partition coefficient (Wildman–Crippen LogP) is 4.71.